The predicted molar refractivity (Wildman–Crippen MR) is 85.5 cm³/mol. The monoisotopic (exact) mass is 392 g/mol. The quantitative estimate of drug-likeness (QED) is 0.776. The second-order valence-corrected chi connectivity index (χ2v) is 7.31. The third kappa shape index (κ3) is 3.48. The highest BCUT2D eigenvalue weighted by Crippen LogP contribution is 2.29. The fourth-order valence-electron chi connectivity index (χ4n) is 1.65. The molecule has 3 N–H and O–H groups in total. The van der Waals surface area contributed by atoms with Gasteiger partial charge in [-0.1, -0.05) is 11.6 Å². The Labute approximate surface area is 135 Å². The van der Waals surface area contributed by atoms with Crippen LogP contribution in [0.2, 0.25) is 5.02 Å². The molecule has 21 heavy (non-hydrogen) atoms. The molecule has 0 heterocycles. The molecule has 112 valence electrons. The van der Waals surface area contributed by atoms with Crippen molar-refractivity contribution in [2.24, 2.45) is 0 Å². The van der Waals surface area contributed by atoms with Gasteiger partial charge in [-0.25, -0.2) is 12.8 Å². The largest absolute Gasteiger partial charge is 0.398 e. The first-order chi connectivity index (χ1) is 9.70. The minimum atomic E-state index is -4.12. The molecule has 0 amide bonds. The number of hydrogen-bond donors (Lipinski definition) is 2. The summed E-state index contributed by atoms with van der Waals surface area (Å²) in [5.41, 5.74) is 6.52. The molecule has 0 saturated heterocycles. The maximum absolute atomic E-state index is 13.9. The van der Waals surface area contributed by atoms with Gasteiger partial charge in [0.05, 0.1) is 5.69 Å². The van der Waals surface area contributed by atoms with Crippen LogP contribution < -0.4 is 10.5 Å². The van der Waals surface area contributed by atoms with Gasteiger partial charge in [0.1, 0.15) is 10.7 Å². The minimum absolute atomic E-state index is 0.196. The lowest BCUT2D eigenvalue weighted by atomic mass is 10.2. The third-order valence-electron chi connectivity index (χ3n) is 2.78. The van der Waals surface area contributed by atoms with Gasteiger partial charge in [-0.2, -0.15) is 0 Å². The molecule has 0 spiro atoms. The smallest absolute Gasteiger partial charge is 0.264 e. The lowest BCUT2D eigenvalue weighted by Gasteiger charge is -2.12. The number of nitrogen functional groups attached to an aromatic ring is 1. The fourth-order valence-corrected chi connectivity index (χ4v) is 3.47. The summed E-state index contributed by atoms with van der Waals surface area (Å²) in [6.45, 7) is 1.59. The Morgan fingerprint density at radius 3 is 2.62 bits per heavy atom. The SMILES string of the molecule is Cc1cc(F)c(S(=O)(=O)Nc2cc(Cl)ccc2Br)cc1N. The molecule has 0 radical (unpaired) electrons. The van der Waals surface area contributed by atoms with Gasteiger partial charge in [0.25, 0.3) is 10.0 Å². The van der Waals surface area contributed by atoms with Gasteiger partial charge in [0.2, 0.25) is 0 Å². The van der Waals surface area contributed by atoms with E-state index < -0.39 is 20.7 Å². The number of hydrogen-bond acceptors (Lipinski definition) is 3. The predicted octanol–water partition coefficient (Wildman–Crippen LogP) is 3.93. The summed E-state index contributed by atoms with van der Waals surface area (Å²) in [6, 6.07) is 6.76. The molecule has 0 unspecified atom stereocenters. The molecular formula is C13H11BrClFN2O2S. The Morgan fingerprint density at radius 2 is 1.95 bits per heavy atom. The van der Waals surface area contributed by atoms with Crippen LogP contribution in [-0.4, -0.2) is 8.42 Å². The Bertz CT molecular complexity index is 812. The Kier molecular flexibility index (Phi) is 4.46. The Balaban J connectivity index is 2.48. The van der Waals surface area contributed by atoms with Crippen LogP contribution in [0.1, 0.15) is 5.56 Å². The summed E-state index contributed by atoms with van der Waals surface area (Å²) in [5, 5.41) is 0.347. The molecule has 4 nitrogen and oxygen atoms in total. The van der Waals surface area contributed by atoms with E-state index in [0.717, 1.165) is 12.1 Å². The summed E-state index contributed by atoms with van der Waals surface area (Å²) in [7, 11) is -4.12. The first-order valence-electron chi connectivity index (χ1n) is 5.74. The van der Waals surface area contributed by atoms with E-state index in [9.17, 15) is 12.8 Å². The molecule has 8 heteroatoms. The van der Waals surface area contributed by atoms with Crippen molar-refractivity contribution in [1.82, 2.24) is 0 Å². The molecular weight excluding hydrogens is 383 g/mol. The Morgan fingerprint density at radius 1 is 1.29 bits per heavy atom. The normalized spacial score (nSPS) is 11.4. The van der Waals surface area contributed by atoms with E-state index in [2.05, 4.69) is 20.7 Å². The van der Waals surface area contributed by atoms with Gasteiger partial charge in [-0.3, -0.25) is 4.72 Å². The van der Waals surface area contributed by atoms with E-state index in [1.54, 1.807) is 19.1 Å². The first kappa shape index (κ1) is 16.1. The molecule has 0 bridgehead atoms. The van der Waals surface area contributed by atoms with Crippen molar-refractivity contribution >= 4 is 48.9 Å². The number of sulfonamides is 1. The van der Waals surface area contributed by atoms with E-state index in [-0.39, 0.29) is 11.4 Å². The van der Waals surface area contributed by atoms with Gasteiger partial charge in [-0.05, 0) is 58.7 Å². The molecule has 0 fully saturated rings. The molecule has 0 aliphatic carbocycles. The van der Waals surface area contributed by atoms with Crippen LogP contribution in [0.4, 0.5) is 15.8 Å². The van der Waals surface area contributed by atoms with Crippen molar-refractivity contribution in [3.63, 3.8) is 0 Å². The molecule has 0 atom stereocenters. The Hall–Kier alpha value is -1.31. The fraction of sp³-hybridized carbons (Fsp3) is 0.0769. The minimum Gasteiger partial charge on any atom is -0.398 e. The van der Waals surface area contributed by atoms with Crippen LogP contribution in [0.5, 0.6) is 0 Å². The molecule has 0 aliphatic rings. The van der Waals surface area contributed by atoms with Crippen LogP contribution in [-0.2, 0) is 10.0 Å². The number of nitrogens with two attached hydrogens (primary N) is 1. The molecule has 2 aromatic rings. The average molecular weight is 394 g/mol. The number of anilines is 2. The van der Waals surface area contributed by atoms with E-state index >= 15 is 0 Å². The maximum atomic E-state index is 13.9. The summed E-state index contributed by atoms with van der Waals surface area (Å²) in [5.74, 6) is -0.868. The van der Waals surface area contributed by atoms with Crippen molar-refractivity contribution in [3.05, 3.63) is 51.2 Å². The molecule has 2 rings (SSSR count). The van der Waals surface area contributed by atoms with E-state index in [4.69, 9.17) is 17.3 Å². The second-order valence-electron chi connectivity index (χ2n) is 4.37. The molecule has 2 aromatic carbocycles. The third-order valence-corrected chi connectivity index (χ3v) is 5.09. The highest BCUT2D eigenvalue weighted by Gasteiger charge is 2.21. The summed E-state index contributed by atoms with van der Waals surface area (Å²) >= 11 is 9.02. The van der Waals surface area contributed by atoms with Crippen LogP contribution >= 0.6 is 27.5 Å². The molecule has 0 aliphatic heterocycles. The molecule has 0 aromatic heterocycles. The van der Waals surface area contributed by atoms with Crippen molar-refractivity contribution in [2.45, 2.75) is 11.8 Å². The number of halogens is 3. The number of rotatable bonds is 3. The first-order valence-corrected chi connectivity index (χ1v) is 8.39. The van der Waals surface area contributed by atoms with Crippen LogP contribution in [0.3, 0.4) is 0 Å². The van der Waals surface area contributed by atoms with Crippen LogP contribution in [0, 0.1) is 12.7 Å². The highest BCUT2D eigenvalue weighted by molar-refractivity contribution is 9.10. The van der Waals surface area contributed by atoms with E-state index in [1.807, 2.05) is 0 Å². The number of nitrogens with one attached hydrogen (secondary N) is 1. The van der Waals surface area contributed by atoms with Gasteiger partial charge < -0.3 is 5.73 Å². The highest BCUT2D eigenvalue weighted by atomic mass is 79.9. The van der Waals surface area contributed by atoms with Gasteiger partial charge in [0, 0.05) is 15.2 Å². The van der Waals surface area contributed by atoms with Crippen molar-refractivity contribution in [3.8, 4) is 0 Å². The number of aryl methyl sites for hydroxylation is 1. The zero-order valence-corrected chi connectivity index (χ0v) is 14.0. The van der Waals surface area contributed by atoms with Gasteiger partial charge in [0.15, 0.2) is 0 Å². The van der Waals surface area contributed by atoms with Gasteiger partial charge >= 0.3 is 0 Å². The van der Waals surface area contributed by atoms with Gasteiger partial charge in [-0.15, -0.1) is 0 Å². The second kappa shape index (κ2) is 5.82. The van der Waals surface area contributed by atoms with Crippen molar-refractivity contribution < 1.29 is 12.8 Å². The van der Waals surface area contributed by atoms with Crippen molar-refractivity contribution in [2.75, 3.05) is 10.5 Å². The lowest BCUT2D eigenvalue weighted by molar-refractivity contribution is 0.570. The zero-order chi connectivity index (χ0) is 15.8. The van der Waals surface area contributed by atoms with E-state index in [0.29, 0.717) is 15.1 Å². The number of benzene rings is 2. The molecule has 0 saturated carbocycles. The summed E-state index contributed by atoms with van der Waals surface area (Å²) in [6.07, 6.45) is 0. The maximum Gasteiger partial charge on any atom is 0.264 e. The average Bonchev–Trinajstić information content (AvgIpc) is 2.37. The topological polar surface area (TPSA) is 72.2 Å². The standard InChI is InChI=1S/C13H11BrClFN2O2S/c1-7-4-10(16)13(6-11(7)17)21(19,20)18-12-5-8(15)2-3-9(12)14/h2-6,18H,17H2,1H3. The zero-order valence-electron chi connectivity index (χ0n) is 10.8. The van der Waals surface area contributed by atoms with Crippen molar-refractivity contribution in [1.29, 1.82) is 0 Å². The van der Waals surface area contributed by atoms with Crippen LogP contribution in [0.25, 0.3) is 0 Å². The summed E-state index contributed by atoms with van der Waals surface area (Å²) in [4.78, 5) is -0.516. The van der Waals surface area contributed by atoms with E-state index in [1.165, 1.54) is 6.07 Å². The lowest BCUT2D eigenvalue weighted by Crippen LogP contribution is -2.15. The summed E-state index contributed by atoms with van der Waals surface area (Å²) < 4.78 is 41.2. The van der Waals surface area contributed by atoms with Crippen LogP contribution in [0.15, 0.2) is 39.7 Å².